The van der Waals surface area contributed by atoms with Crippen molar-refractivity contribution < 1.29 is 0 Å². The predicted molar refractivity (Wildman–Crippen MR) is 68.4 cm³/mol. The molecule has 0 fully saturated rings. The van der Waals surface area contributed by atoms with Gasteiger partial charge in [0.2, 0.25) is 9.47 Å². The molecule has 0 N–H and O–H groups in total. The molecule has 1 heterocycles. The van der Waals surface area contributed by atoms with E-state index in [0.717, 1.165) is 10.0 Å². The average Bonchev–Trinajstić information content (AvgIpc) is 2.16. The van der Waals surface area contributed by atoms with Crippen molar-refractivity contribution >= 4 is 47.8 Å². The van der Waals surface area contributed by atoms with Gasteiger partial charge >= 0.3 is 0 Å². The summed E-state index contributed by atoms with van der Waals surface area (Å²) in [5, 5.41) is 0. The first-order valence-electron chi connectivity index (χ1n) is 3.99. The molecule has 6 heteroatoms. The van der Waals surface area contributed by atoms with Crippen LogP contribution >= 0.6 is 47.8 Å². The van der Waals surface area contributed by atoms with Crippen LogP contribution in [0, 0.1) is 0 Å². The van der Waals surface area contributed by atoms with Crippen molar-refractivity contribution in [2.45, 2.75) is 0 Å². The maximum absolute atomic E-state index is 4.20. The zero-order valence-electron chi connectivity index (χ0n) is 7.28. The Balaban J connectivity index is 2.59. The van der Waals surface area contributed by atoms with Crippen LogP contribution in [-0.2, 0) is 0 Å². The lowest BCUT2D eigenvalue weighted by Crippen LogP contribution is -1.94. The summed E-state index contributed by atoms with van der Waals surface area (Å²) in [5.74, 6) is 0.622. The van der Waals surface area contributed by atoms with Crippen molar-refractivity contribution in [3.05, 3.63) is 38.2 Å². The quantitative estimate of drug-likeness (QED) is 0.739. The van der Waals surface area contributed by atoms with Gasteiger partial charge in [0.1, 0.15) is 0 Å². The standard InChI is InChI=1S/C9H4Br3N3/c10-6-4-2-1-3-5(6)7-13-8(11)15-9(12)14-7/h1-4H. The number of hydrogen-bond donors (Lipinski definition) is 0. The van der Waals surface area contributed by atoms with Gasteiger partial charge in [-0.2, -0.15) is 4.98 Å². The highest BCUT2D eigenvalue weighted by Crippen LogP contribution is 2.26. The van der Waals surface area contributed by atoms with Gasteiger partial charge in [-0.3, -0.25) is 0 Å². The van der Waals surface area contributed by atoms with Crippen molar-refractivity contribution in [2.75, 3.05) is 0 Å². The molecular formula is C9H4Br3N3. The summed E-state index contributed by atoms with van der Waals surface area (Å²) in [6.45, 7) is 0. The largest absolute Gasteiger partial charge is 0.202 e. The third-order valence-electron chi connectivity index (χ3n) is 1.70. The highest BCUT2D eigenvalue weighted by Gasteiger charge is 2.07. The predicted octanol–water partition coefficient (Wildman–Crippen LogP) is 3.83. The number of benzene rings is 1. The smallest absolute Gasteiger partial charge is 0.201 e. The minimum absolute atomic E-state index is 0.509. The van der Waals surface area contributed by atoms with Crippen LogP contribution in [0.2, 0.25) is 0 Å². The van der Waals surface area contributed by atoms with E-state index in [9.17, 15) is 0 Å². The Morgan fingerprint density at radius 2 is 1.40 bits per heavy atom. The SMILES string of the molecule is Brc1nc(Br)nc(-c2ccccc2Br)n1. The Labute approximate surface area is 112 Å². The summed E-state index contributed by atoms with van der Waals surface area (Å²) < 4.78 is 1.97. The second kappa shape index (κ2) is 4.67. The van der Waals surface area contributed by atoms with Gasteiger partial charge in [0.15, 0.2) is 5.82 Å². The molecule has 0 aliphatic heterocycles. The Kier molecular flexibility index (Phi) is 3.48. The van der Waals surface area contributed by atoms with Gasteiger partial charge in [-0.15, -0.1) is 0 Å². The first-order chi connectivity index (χ1) is 7.16. The van der Waals surface area contributed by atoms with Crippen LogP contribution in [0.3, 0.4) is 0 Å². The minimum Gasteiger partial charge on any atom is -0.202 e. The van der Waals surface area contributed by atoms with Crippen molar-refractivity contribution in [3.63, 3.8) is 0 Å². The first kappa shape index (κ1) is 11.2. The van der Waals surface area contributed by atoms with Gasteiger partial charge in [-0.1, -0.05) is 34.1 Å². The Morgan fingerprint density at radius 1 is 0.800 bits per heavy atom. The molecule has 2 rings (SSSR count). The Bertz CT molecular complexity index is 481. The van der Waals surface area contributed by atoms with E-state index in [1.807, 2.05) is 24.3 Å². The zero-order valence-corrected chi connectivity index (χ0v) is 12.0. The molecule has 2 aromatic rings. The lowest BCUT2D eigenvalue weighted by molar-refractivity contribution is 0.983. The van der Waals surface area contributed by atoms with Crippen LogP contribution in [0.25, 0.3) is 11.4 Å². The van der Waals surface area contributed by atoms with Crippen LogP contribution in [-0.4, -0.2) is 15.0 Å². The van der Waals surface area contributed by atoms with Gasteiger partial charge in [0.05, 0.1) is 0 Å². The van der Waals surface area contributed by atoms with Gasteiger partial charge in [-0.25, -0.2) is 9.97 Å². The van der Waals surface area contributed by atoms with E-state index in [1.54, 1.807) is 0 Å². The lowest BCUT2D eigenvalue weighted by Gasteiger charge is -2.02. The third-order valence-corrected chi connectivity index (χ3v) is 3.10. The first-order valence-corrected chi connectivity index (χ1v) is 6.36. The molecule has 0 amide bonds. The normalized spacial score (nSPS) is 10.3. The van der Waals surface area contributed by atoms with E-state index >= 15 is 0 Å². The van der Waals surface area contributed by atoms with E-state index in [-0.39, 0.29) is 0 Å². The van der Waals surface area contributed by atoms with Crippen LogP contribution in [0.1, 0.15) is 0 Å². The molecule has 15 heavy (non-hydrogen) atoms. The van der Waals surface area contributed by atoms with Crippen LogP contribution < -0.4 is 0 Å². The van der Waals surface area contributed by atoms with E-state index in [0.29, 0.717) is 15.3 Å². The number of nitrogens with zero attached hydrogens (tertiary/aromatic N) is 3. The number of halogens is 3. The lowest BCUT2D eigenvalue weighted by atomic mass is 10.2. The fourth-order valence-electron chi connectivity index (χ4n) is 1.09. The number of hydrogen-bond acceptors (Lipinski definition) is 3. The topological polar surface area (TPSA) is 38.7 Å². The molecule has 0 aliphatic carbocycles. The van der Waals surface area contributed by atoms with Gasteiger partial charge in [0.25, 0.3) is 0 Å². The molecule has 0 unspecified atom stereocenters. The van der Waals surface area contributed by atoms with E-state index in [2.05, 4.69) is 62.7 Å². The summed E-state index contributed by atoms with van der Waals surface area (Å²) in [6.07, 6.45) is 0. The molecule has 1 aromatic carbocycles. The molecule has 0 bridgehead atoms. The number of rotatable bonds is 1. The van der Waals surface area contributed by atoms with Gasteiger partial charge in [-0.05, 0) is 37.9 Å². The highest BCUT2D eigenvalue weighted by molar-refractivity contribution is 9.11. The molecule has 3 nitrogen and oxygen atoms in total. The molecule has 0 saturated heterocycles. The summed E-state index contributed by atoms with van der Waals surface area (Å²) >= 11 is 9.91. The van der Waals surface area contributed by atoms with Crippen molar-refractivity contribution in [1.82, 2.24) is 15.0 Å². The summed E-state index contributed by atoms with van der Waals surface area (Å²) in [4.78, 5) is 12.4. The van der Waals surface area contributed by atoms with Gasteiger partial charge in [0, 0.05) is 10.0 Å². The molecule has 0 aliphatic rings. The second-order valence-corrected chi connectivity index (χ2v) is 4.95. The third kappa shape index (κ3) is 2.62. The Hall–Kier alpha value is -0.330. The van der Waals surface area contributed by atoms with E-state index < -0.39 is 0 Å². The zero-order chi connectivity index (χ0) is 10.8. The van der Waals surface area contributed by atoms with E-state index in [1.165, 1.54) is 0 Å². The number of aromatic nitrogens is 3. The average molecular weight is 394 g/mol. The fraction of sp³-hybridized carbons (Fsp3) is 0. The van der Waals surface area contributed by atoms with Gasteiger partial charge < -0.3 is 0 Å². The summed E-state index contributed by atoms with van der Waals surface area (Å²) in [7, 11) is 0. The molecule has 0 saturated carbocycles. The molecular weight excluding hydrogens is 390 g/mol. The fourth-order valence-corrected chi connectivity index (χ4v) is 2.46. The van der Waals surface area contributed by atoms with Crippen LogP contribution in [0.15, 0.2) is 38.2 Å². The molecule has 0 spiro atoms. The minimum atomic E-state index is 0.509. The highest BCUT2D eigenvalue weighted by atomic mass is 79.9. The monoisotopic (exact) mass is 391 g/mol. The molecule has 1 aromatic heterocycles. The van der Waals surface area contributed by atoms with Crippen molar-refractivity contribution in [3.8, 4) is 11.4 Å². The van der Waals surface area contributed by atoms with Crippen molar-refractivity contribution in [2.24, 2.45) is 0 Å². The second-order valence-electron chi connectivity index (χ2n) is 2.68. The van der Waals surface area contributed by atoms with Crippen LogP contribution in [0.5, 0.6) is 0 Å². The maximum Gasteiger partial charge on any atom is 0.201 e. The summed E-state index contributed by atoms with van der Waals surface area (Å²) in [5.41, 5.74) is 0.932. The van der Waals surface area contributed by atoms with Crippen molar-refractivity contribution in [1.29, 1.82) is 0 Å². The Morgan fingerprint density at radius 3 is 2.00 bits per heavy atom. The summed E-state index contributed by atoms with van der Waals surface area (Å²) in [6, 6.07) is 7.77. The molecule has 76 valence electrons. The maximum atomic E-state index is 4.20. The molecule has 0 atom stereocenters. The molecule has 0 radical (unpaired) electrons. The van der Waals surface area contributed by atoms with E-state index in [4.69, 9.17) is 0 Å². The van der Waals surface area contributed by atoms with Crippen LogP contribution in [0.4, 0.5) is 0 Å².